The SMILES string of the molecule is CC1CC(C)CC(C2(F)CCCNCC2)C1. The Labute approximate surface area is 99.2 Å². The van der Waals surface area contributed by atoms with Crippen LogP contribution in [0.3, 0.4) is 0 Å². The van der Waals surface area contributed by atoms with Crippen LogP contribution < -0.4 is 5.32 Å². The van der Waals surface area contributed by atoms with Gasteiger partial charge in [0, 0.05) is 0 Å². The van der Waals surface area contributed by atoms with Crippen LogP contribution in [0, 0.1) is 17.8 Å². The Hall–Kier alpha value is -0.110. The van der Waals surface area contributed by atoms with Gasteiger partial charge in [-0.2, -0.15) is 0 Å². The van der Waals surface area contributed by atoms with Crippen molar-refractivity contribution in [3.05, 3.63) is 0 Å². The molecular formula is C14H26FN. The van der Waals surface area contributed by atoms with Gasteiger partial charge in [0.1, 0.15) is 5.67 Å². The molecule has 2 aliphatic rings. The molecule has 1 N–H and O–H groups in total. The second-order valence-electron chi connectivity index (χ2n) is 6.25. The number of halogens is 1. The third-order valence-corrected chi connectivity index (χ3v) is 4.57. The van der Waals surface area contributed by atoms with E-state index in [2.05, 4.69) is 19.2 Å². The maximum Gasteiger partial charge on any atom is 0.115 e. The second-order valence-corrected chi connectivity index (χ2v) is 6.25. The quantitative estimate of drug-likeness (QED) is 0.722. The van der Waals surface area contributed by atoms with Crippen LogP contribution in [0.4, 0.5) is 4.39 Å². The zero-order chi connectivity index (χ0) is 11.6. The first kappa shape index (κ1) is 12.3. The highest BCUT2D eigenvalue weighted by atomic mass is 19.1. The summed E-state index contributed by atoms with van der Waals surface area (Å²) in [5.41, 5.74) is -0.869. The van der Waals surface area contributed by atoms with Gasteiger partial charge in [0.25, 0.3) is 0 Å². The summed E-state index contributed by atoms with van der Waals surface area (Å²) >= 11 is 0. The van der Waals surface area contributed by atoms with Crippen LogP contribution in [-0.2, 0) is 0 Å². The van der Waals surface area contributed by atoms with E-state index in [0.717, 1.165) is 57.0 Å². The molecule has 1 heterocycles. The number of alkyl halides is 1. The minimum atomic E-state index is -0.869. The van der Waals surface area contributed by atoms with E-state index in [4.69, 9.17) is 0 Å². The lowest BCUT2D eigenvalue weighted by molar-refractivity contribution is 0.0177. The summed E-state index contributed by atoms with van der Waals surface area (Å²) in [6, 6.07) is 0. The second kappa shape index (κ2) is 5.03. The van der Waals surface area contributed by atoms with Crippen LogP contribution in [0.25, 0.3) is 0 Å². The minimum absolute atomic E-state index is 0.325. The lowest BCUT2D eigenvalue weighted by Crippen LogP contribution is -2.38. The Balaban J connectivity index is 2.02. The number of hydrogen-bond acceptors (Lipinski definition) is 1. The Kier molecular flexibility index (Phi) is 3.89. The topological polar surface area (TPSA) is 12.0 Å². The molecule has 2 rings (SSSR count). The molecule has 1 aliphatic carbocycles. The van der Waals surface area contributed by atoms with Crippen molar-refractivity contribution in [2.24, 2.45) is 17.8 Å². The molecule has 2 heteroatoms. The molecule has 3 atom stereocenters. The number of nitrogens with one attached hydrogen (secondary N) is 1. The molecule has 0 radical (unpaired) electrons. The van der Waals surface area contributed by atoms with Crippen LogP contribution in [0.2, 0.25) is 0 Å². The number of rotatable bonds is 1. The summed E-state index contributed by atoms with van der Waals surface area (Å²) < 4.78 is 15.0. The molecule has 0 bridgehead atoms. The van der Waals surface area contributed by atoms with Gasteiger partial charge in [0.2, 0.25) is 0 Å². The molecule has 94 valence electrons. The van der Waals surface area contributed by atoms with E-state index >= 15 is 4.39 Å². The summed E-state index contributed by atoms with van der Waals surface area (Å²) in [5.74, 6) is 1.77. The lowest BCUT2D eigenvalue weighted by Gasteiger charge is -2.40. The van der Waals surface area contributed by atoms with E-state index < -0.39 is 5.67 Å². The van der Waals surface area contributed by atoms with Crippen LogP contribution in [0.1, 0.15) is 52.4 Å². The zero-order valence-electron chi connectivity index (χ0n) is 10.8. The zero-order valence-corrected chi connectivity index (χ0v) is 10.8. The molecule has 0 aromatic carbocycles. The Bertz CT molecular complexity index is 211. The van der Waals surface area contributed by atoms with Crippen molar-refractivity contribution >= 4 is 0 Å². The van der Waals surface area contributed by atoms with Crippen molar-refractivity contribution in [2.75, 3.05) is 13.1 Å². The fourth-order valence-electron chi connectivity index (χ4n) is 3.83. The van der Waals surface area contributed by atoms with Crippen LogP contribution in [0.15, 0.2) is 0 Å². The summed E-state index contributed by atoms with van der Waals surface area (Å²) in [6.45, 7) is 6.46. The van der Waals surface area contributed by atoms with Crippen molar-refractivity contribution in [3.63, 3.8) is 0 Å². The smallest absolute Gasteiger partial charge is 0.115 e. The maximum atomic E-state index is 15.0. The normalized spacial score (nSPS) is 46.3. The van der Waals surface area contributed by atoms with E-state index in [1.165, 1.54) is 6.42 Å². The predicted octanol–water partition coefficient (Wildman–Crippen LogP) is 3.54. The first-order valence-corrected chi connectivity index (χ1v) is 7.00. The van der Waals surface area contributed by atoms with Crippen molar-refractivity contribution in [1.82, 2.24) is 5.32 Å². The molecule has 1 aliphatic heterocycles. The monoisotopic (exact) mass is 227 g/mol. The highest BCUT2D eigenvalue weighted by molar-refractivity contribution is 4.93. The molecule has 1 nitrogen and oxygen atoms in total. The van der Waals surface area contributed by atoms with Gasteiger partial charge in [-0.15, -0.1) is 0 Å². The standard InChI is InChI=1S/C14H26FN/c1-11-8-12(2)10-13(9-11)14(15)4-3-6-16-7-5-14/h11-13,16H,3-10H2,1-2H3. The molecule has 3 unspecified atom stereocenters. The Morgan fingerprint density at radius 2 is 1.69 bits per heavy atom. The van der Waals surface area contributed by atoms with Gasteiger partial charge >= 0.3 is 0 Å². The van der Waals surface area contributed by atoms with Crippen molar-refractivity contribution in [3.8, 4) is 0 Å². The van der Waals surface area contributed by atoms with E-state index in [0.29, 0.717) is 5.92 Å². The third kappa shape index (κ3) is 2.77. The summed E-state index contributed by atoms with van der Waals surface area (Å²) in [4.78, 5) is 0. The summed E-state index contributed by atoms with van der Waals surface area (Å²) in [7, 11) is 0. The van der Waals surface area contributed by atoms with Crippen LogP contribution in [0.5, 0.6) is 0 Å². The fourth-order valence-corrected chi connectivity index (χ4v) is 3.83. The van der Waals surface area contributed by atoms with Crippen molar-refractivity contribution < 1.29 is 4.39 Å². The molecule has 0 amide bonds. The molecule has 0 aromatic rings. The van der Waals surface area contributed by atoms with E-state index in [1.807, 2.05) is 0 Å². The van der Waals surface area contributed by atoms with E-state index in [9.17, 15) is 0 Å². The maximum absolute atomic E-state index is 15.0. The van der Waals surface area contributed by atoms with Gasteiger partial charge in [-0.3, -0.25) is 0 Å². The van der Waals surface area contributed by atoms with E-state index in [-0.39, 0.29) is 0 Å². The lowest BCUT2D eigenvalue weighted by atomic mass is 9.68. The fraction of sp³-hybridized carbons (Fsp3) is 1.00. The molecule has 2 fully saturated rings. The van der Waals surface area contributed by atoms with Crippen molar-refractivity contribution in [2.45, 2.75) is 58.0 Å². The Morgan fingerprint density at radius 3 is 2.38 bits per heavy atom. The summed E-state index contributed by atoms with van der Waals surface area (Å²) in [6.07, 6.45) is 6.05. The highest BCUT2D eigenvalue weighted by Crippen LogP contribution is 2.44. The van der Waals surface area contributed by atoms with Gasteiger partial charge in [0.15, 0.2) is 0 Å². The molecule has 0 aromatic heterocycles. The summed E-state index contributed by atoms with van der Waals surface area (Å²) in [5, 5.41) is 3.32. The average Bonchev–Trinajstić information content (AvgIpc) is 2.43. The molecule has 1 saturated carbocycles. The van der Waals surface area contributed by atoms with Gasteiger partial charge < -0.3 is 5.32 Å². The Morgan fingerprint density at radius 1 is 1.00 bits per heavy atom. The molecular weight excluding hydrogens is 201 g/mol. The average molecular weight is 227 g/mol. The van der Waals surface area contributed by atoms with Gasteiger partial charge in [0.05, 0.1) is 0 Å². The van der Waals surface area contributed by atoms with E-state index in [1.54, 1.807) is 0 Å². The van der Waals surface area contributed by atoms with Crippen LogP contribution >= 0.6 is 0 Å². The highest BCUT2D eigenvalue weighted by Gasteiger charge is 2.42. The first-order chi connectivity index (χ1) is 7.60. The minimum Gasteiger partial charge on any atom is -0.317 e. The largest absolute Gasteiger partial charge is 0.317 e. The van der Waals surface area contributed by atoms with Gasteiger partial charge in [-0.1, -0.05) is 13.8 Å². The first-order valence-electron chi connectivity index (χ1n) is 7.00. The third-order valence-electron chi connectivity index (χ3n) is 4.57. The van der Waals surface area contributed by atoms with Gasteiger partial charge in [-0.05, 0) is 69.4 Å². The number of hydrogen-bond donors (Lipinski definition) is 1. The molecule has 16 heavy (non-hydrogen) atoms. The molecule has 1 saturated heterocycles. The molecule has 0 spiro atoms. The van der Waals surface area contributed by atoms with Gasteiger partial charge in [-0.25, -0.2) is 4.39 Å². The predicted molar refractivity (Wildman–Crippen MR) is 66.2 cm³/mol. The van der Waals surface area contributed by atoms with Crippen molar-refractivity contribution in [1.29, 1.82) is 0 Å². The van der Waals surface area contributed by atoms with Crippen LogP contribution in [-0.4, -0.2) is 18.8 Å².